The fourth-order valence-electron chi connectivity index (χ4n) is 1.82. The van der Waals surface area contributed by atoms with Crippen LogP contribution >= 0.6 is 0 Å². The van der Waals surface area contributed by atoms with Crippen LogP contribution in [-0.2, 0) is 0 Å². The van der Waals surface area contributed by atoms with Crippen molar-refractivity contribution >= 4 is 0 Å². The summed E-state index contributed by atoms with van der Waals surface area (Å²) in [6.45, 7) is 6.38. The van der Waals surface area contributed by atoms with E-state index >= 15 is 0 Å². The van der Waals surface area contributed by atoms with Crippen LogP contribution in [0.15, 0.2) is 12.1 Å². The van der Waals surface area contributed by atoms with Gasteiger partial charge in [0.1, 0.15) is 17.5 Å². The molecule has 0 heterocycles. The van der Waals surface area contributed by atoms with Crippen LogP contribution in [0.4, 0.5) is 13.2 Å². The van der Waals surface area contributed by atoms with Crippen molar-refractivity contribution in [2.75, 3.05) is 6.54 Å². The molecule has 96 valence electrons. The number of nitrogens with one attached hydrogen (secondary N) is 1. The highest BCUT2D eigenvalue weighted by atomic mass is 19.1. The van der Waals surface area contributed by atoms with E-state index in [4.69, 9.17) is 0 Å². The smallest absolute Gasteiger partial charge is 0.133 e. The molecule has 1 unspecified atom stereocenters. The highest BCUT2D eigenvalue weighted by molar-refractivity contribution is 5.24. The zero-order valence-corrected chi connectivity index (χ0v) is 10.4. The van der Waals surface area contributed by atoms with Gasteiger partial charge in [0.25, 0.3) is 0 Å². The molecule has 0 amide bonds. The predicted molar refractivity (Wildman–Crippen MR) is 62.2 cm³/mol. The van der Waals surface area contributed by atoms with Crippen molar-refractivity contribution in [3.63, 3.8) is 0 Å². The third-order valence-electron chi connectivity index (χ3n) is 2.64. The van der Waals surface area contributed by atoms with Crippen LogP contribution in [0.1, 0.15) is 38.8 Å². The zero-order chi connectivity index (χ0) is 13.0. The fraction of sp³-hybridized carbons (Fsp3) is 0.538. The summed E-state index contributed by atoms with van der Waals surface area (Å²) in [7, 11) is 0. The van der Waals surface area contributed by atoms with Gasteiger partial charge in [-0.1, -0.05) is 20.8 Å². The molecule has 4 heteroatoms. The first-order valence-corrected chi connectivity index (χ1v) is 5.85. The highest BCUT2D eigenvalue weighted by Gasteiger charge is 2.23. The molecule has 0 fully saturated rings. The summed E-state index contributed by atoms with van der Waals surface area (Å²) in [6, 6.07) is 1.01. The van der Waals surface area contributed by atoms with E-state index in [1.54, 1.807) is 0 Å². The number of hydrogen-bond donors (Lipinski definition) is 1. The zero-order valence-electron chi connectivity index (χ0n) is 10.4. The van der Waals surface area contributed by atoms with Gasteiger partial charge in [0.05, 0.1) is 0 Å². The van der Waals surface area contributed by atoms with Crippen LogP contribution in [0.2, 0.25) is 0 Å². The Morgan fingerprint density at radius 2 is 1.65 bits per heavy atom. The minimum absolute atomic E-state index is 0.0241. The molecule has 0 aliphatic carbocycles. The Bertz CT molecular complexity index is 354. The molecule has 1 rings (SSSR count). The molecule has 0 bridgehead atoms. The normalized spacial score (nSPS) is 13.1. The average Bonchev–Trinajstić information content (AvgIpc) is 2.20. The highest BCUT2D eigenvalue weighted by Crippen LogP contribution is 2.27. The van der Waals surface area contributed by atoms with E-state index in [2.05, 4.69) is 5.32 Å². The molecule has 0 aliphatic heterocycles. The molecule has 0 radical (unpaired) electrons. The Hall–Kier alpha value is -1.03. The quantitative estimate of drug-likeness (QED) is 0.832. The van der Waals surface area contributed by atoms with Gasteiger partial charge >= 0.3 is 0 Å². The first-order chi connectivity index (χ1) is 7.97. The summed E-state index contributed by atoms with van der Waals surface area (Å²) >= 11 is 0. The monoisotopic (exact) mass is 245 g/mol. The van der Waals surface area contributed by atoms with E-state index in [-0.39, 0.29) is 11.5 Å². The average molecular weight is 245 g/mol. The maximum absolute atomic E-state index is 13.6. The number of halogens is 3. The lowest BCUT2D eigenvalue weighted by molar-refractivity contribution is 0.378. The maximum Gasteiger partial charge on any atom is 0.133 e. The molecule has 0 aliphatic rings. The lowest BCUT2D eigenvalue weighted by Crippen LogP contribution is -2.28. The summed E-state index contributed by atoms with van der Waals surface area (Å²) in [6.07, 6.45) is 0.869. The van der Waals surface area contributed by atoms with Crippen molar-refractivity contribution in [3.8, 4) is 0 Å². The van der Waals surface area contributed by atoms with E-state index < -0.39 is 23.5 Å². The lowest BCUT2D eigenvalue weighted by Gasteiger charge is -2.23. The molecule has 1 atom stereocenters. The van der Waals surface area contributed by atoms with Gasteiger partial charge in [0.15, 0.2) is 0 Å². The van der Waals surface area contributed by atoms with E-state index in [1.807, 2.05) is 20.8 Å². The van der Waals surface area contributed by atoms with Gasteiger partial charge in [-0.05, 0) is 18.9 Å². The third-order valence-corrected chi connectivity index (χ3v) is 2.64. The molecular weight excluding hydrogens is 227 g/mol. The number of rotatable bonds is 5. The van der Waals surface area contributed by atoms with Crippen molar-refractivity contribution < 1.29 is 13.2 Å². The lowest BCUT2D eigenvalue weighted by atomic mass is 9.95. The second-order valence-corrected chi connectivity index (χ2v) is 4.46. The molecule has 1 N–H and O–H groups in total. The summed E-state index contributed by atoms with van der Waals surface area (Å²) in [5.74, 6) is -2.52. The summed E-state index contributed by atoms with van der Waals surface area (Å²) in [5, 5.41) is 3.08. The Kier molecular flexibility index (Phi) is 5.00. The van der Waals surface area contributed by atoms with E-state index in [9.17, 15) is 13.2 Å². The topological polar surface area (TPSA) is 12.0 Å². The van der Waals surface area contributed by atoms with Crippen molar-refractivity contribution in [2.45, 2.75) is 33.2 Å². The molecule has 1 nitrogen and oxygen atoms in total. The van der Waals surface area contributed by atoms with Crippen molar-refractivity contribution in [1.82, 2.24) is 5.32 Å². The Morgan fingerprint density at radius 1 is 1.12 bits per heavy atom. The number of benzene rings is 1. The van der Waals surface area contributed by atoms with E-state index in [0.29, 0.717) is 6.54 Å². The molecule has 17 heavy (non-hydrogen) atoms. The van der Waals surface area contributed by atoms with Gasteiger partial charge in [-0.3, -0.25) is 0 Å². The van der Waals surface area contributed by atoms with Crippen molar-refractivity contribution in [1.29, 1.82) is 0 Å². The van der Waals surface area contributed by atoms with Crippen LogP contribution in [0.3, 0.4) is 0 Å². The maximum atomic E-state index is 13.6. The standard InChI is InChI=1S/C13H18F3N/c1-4-5-17-13(8(2)3)12-10(15)6-9(14)7-11(12)16/h6-8,13,17H,4-5H2,1-3H3. The van der Waals surface area contributed by atoms with Crippen LogP contribution in [0, 0.1) is 23.4 Å². The van der Waals surface area contributed by atoms with Gasteiger partial charge in [-0.25, -0.2) is 13.2 Å². The summed E-state index contributed by atoms with van der Waals surface area (Å²) in [4.78, 5) is 0. The van der Waals surface area contributed by atoms with Gasteiger partial charge < -0.3 is 5.32 Å². The van der Waals surface area contributed by atoms with Gasteiger partial charge in [0, 0.05) is 23.7 Å². The van der Waals surface area contributed by atoms with Crippen LogP contribution < -0.4 is 5.32 Å². The molecule has 1 aromatic carbocycles. The molecular formula is C13H18F3N. The molecule has 1 aromatic rings. The fourth-order valence-corrected chi connectivity index (χ4v) is 1.82. The Morgan fingerprint density at radius 3 is 2.06 bits per heavy atom. The predicted octanol–water partition coefficient (Wildman–Crippen LogP) is 3.80. The SMILES string of the molecule is CCCNC(c1c(F)cc(F)cc1F)C(C)C. The summed E-state index contributed by atoms with van der Waals surface area (Å²) < 4.78 is 40.1. The molecule has 0 aromatic heterocycles. The first-order valence-electron chi connectivity index (χ1n) is 5.85. The second kappa shape index (κ2) is 6.05. The molecule has 0 saturated carbocycles. The minimum atomic E-state index is -0.887. The Labute approximate surface area is 100 Å². The second-order valence-electron chi connectivity index (χ2n) is 4.46. The van der Waals surface area contributed by atoms with E-state index in [0.717, 1.165) is 18.6 Å². The van der Waals surface area contributed by atoms with Gasteiger partial charge in [0.2, 0.25) is 0 Å². The van der Waals surface area contributed by atoms with Crippen molar-refractivity contribution in [2.24, 2.45) is 5.92 Å². The van der Waals surface area contributed by atoms with E-state index in [1.165, 1.54) is 0 Å². The van der Waals surface area contributed by atoms with Crippen molar-refractivity contribution in [3.05, 3.63) is 35.1 Å². The van der Waals surface area contributed by atoms with Crippen LogP contribution in [-0.4, -0.2) is 6.54 Å². The first kappa shape index (κ1) is 14.0. The third kappa shape index (κ3) is 3.46. The minimum Gasteiger partial charge on any atom is -0.310 e. The molecule has 0 spiro atoms. The largest absolute Gasteiger partial charge is 0.310 e. The Balaban J connectivity index is 3.09. The molecule has 0 saturated heterocycles. The van der Waals surface area contributed by atoms with Gasteiger partial charge in [-0.2, -0.15) is 0 Å². The summed E-state index contributed by atoms with van der Waals surface area (Å²) in [5.41, 5.74) is -0.0742. The number of hydrogen-bond acceptors (Lipinski definition) is 1. The van der Waals surface area contributed by atoms with Gasteiger partial charge in [-0.15, -0.1) is 0 Å². The van der Waals surface area contributed by atoms with Crippen LogP contribution in [0.25, 0.3) is 0 Å². The van der Waals surface area contributed by atoms with Crippen LogP contribution in [0.5, 0.6) is 0 Å².